The van der Waals surface area contributed by atoms with Crippen molar-refractivity contribution in [2.45, 2.75) is 92.5 Å². The van der Waals surface area contributed by atoms with Crippen molar-refractivity contribution in [1.82, 2.24) is 0 Å². The molecule has 0 saturated heterocycles. The van der Waals surface area contributed by atoms with Crippen LogP contribution in [0.15, 0.2) is 0 Å². The Morgan fingerprint density at radius 3 is 0.737 bits per heavy atom. The molecule has 0 unspecified atom stereocenters. The fourth-order valence-corrected chi connectivity index (χ4v) is 0. The predicted molar refractivity (Wildman–Crippen MR) is 80.1 cm³/mol. The molecule has 4 heteroatoms. The van der Waals surface area contributed by atoms with Crippen molar-refractivity contribution in [2.75, 3.05) is 0 Å². The third-order valence-corrected chi connectivity index (χ3v) is 1.18. The molecule has 119 valence electrons. The van der Waals surface area contributed by atoms with E-state index in [0.29, 0.717) is 0 Å². The summed E-state index contributed by atoms with van der Waals surface area (Å²) in [5, 5.41) is 25.6. The Morgan fingerprint density at radius 2 is 0.737 bits per heavy atom. The molecule has 0 bridgehead atoms. The summed E-state index contributed by atoms with van der Waals surface area (Å²) in [7, 11) is 0. The van der Waals surface area contributed by atoms with Crippen LogP contribution in [0.2, 0.25) is 0 Å². The van der Waals surface area contributed by atoms with Crippen molar-refractivity contribution >= 4 is 0 Å². The third-order valence-electron chi connectivity index (χ3n) is 0.144. The molecule has 0 radical (unpaired) electrons. The summed E-state index contributed by atoms with van der Waals surface area (Å²) in [6, 6.07) is 0. The van der Waals surface area contributed by atoms with Gasteiger partial charge in [0.25, 0.3) is 0 Å². The van der Waals surface area contributed by atoms with Crippen LogP contribution < -0.4 is 0 Å². The van der Waals surface area contributed by atoms with Crippen LogP contribution in [0.25, 0.3) is 0 Å². The van der Waals surface area contributed by atoms with Gasteiger partial charge in [0.2, 0.25) is 0 Å². The maximum absolute atomic E-state index is 8.52. The molecule has 0 spiro atoms. The van der Waals surface area contributed by atoms with E-state index in [0.717, 1.165) is 6.42 Å². The molecule has 0 atom stereocenters. The van der Waals surface area contributed by atoms with Gasteiger partial charge in [-0.1, -0.05) is 0 Å². The van der Waals surface area contributed by atoms with Crippen molar-refractivity contribution in [1.29, 1.82) is 0 Å². The summed E-state index contributed by atoms with van der Waals surface area (Å²) >= 11 is 1.46. The minimum atomic E-state index is -0.500. The Labute approximate surface area is 131 Å². The van der Waals surface area contributed by atoms with Gasteiger partial charge in [-0.15, -0.1) is 0 Å². The number of hydrogen-bond donors (Lipinski definition) is 3. The maximum atomic E-state index is 8.52. The second-order valence-electron chi connectivity index (χ2n) is 7.01. The van der Waals surface area contributed by atoms with E-state index in [2.05, 4.69) is 11.1 Å². The van der Waals surface area contributed by atoms with E-state index < -0.39 is 16.8 Å². The Bertz CT molecular complexity index is 165. The van der Waals surface area contributed by atoms with Crippen molar-refractivity contribution in [3.63, 3.8) is 0 Å². The molecule has 0 aliphatic rings. The summed E-state index contributed by atoms with van der Waals surface area (Å²) in [4.78, 5) is 0. The van der Waals surface area contributed by atoms with Gasteiger partial charge in [0.05, 0.1) is 16.8 Å². The first-order chi connectivity index (χ1) is 7.91. The zero-order valence-electron chi connectivity index (χ0n) is 14.5. The summed E-state index contributed by atoms with van der Waals surface area (Å²) in [6.07, 6.45) is 1.11. The van der Waals surface area contributed by atoms with Crippen LogP contribution in [-0.2, 0) is 19.2 Å². The van der Waals surface area contributed by atoms with Crippen LogP contribution in [0.3, 0.4) is 0 Å². The monoisotopic (exact) mass is 447 g/mol. The van der Waals surface area contributed by atoms with Gasteiger partial charge in [0, 0.05) is 0 Å². The molecule has 0 aromatic heterocycles. The van der Waals surface area contributed by atoms with Crippen molar-refractivity contribution in [3.8, 4) is 4.20 Å². The molecule has 19 heavy (non-hydrogen) atoms. The first-order valence-corrected chi connectivity index (χ1v) is 7.90. The average Bonchev–Trinajstić information content (AvgIpc) is 1.93. The minimum absolute atomic E-state index is 0.500. The van der Waals surface area contributed by atoms with E-state index in [-0.39, 0.29) is 0 Å². The van der Waals surface area contributed by atoms with Crippen LogP contribution >= 0.6 is 0 Å². The predicted octanol–water partition coefficient (Wildman–Crippen LogP) is 3.23. The van der Waals surface area contributed by atoms with Crippen molar-refractivity contribution in [3.05, 3.63) is 0 Å². The molecular formula is C15H35O3W. The van der Waals surface area contributed by atoms with E-state index >= 15 is 0 Å². The topological polar surface area (TPSA) is 60.7 Å². The van der Waals surface area contributed by atoms with Crippen molar-refractivity contribution < 1.29 is 34.5 Å². The molecule has 0 aliphatic carbocycles. The van der Waals surface area contributed by atoms with Gasteiger partial charge >= 0.3 is 36.7 Å². The fourth-order valence-electron chi connectivity index (χ4n) is 0. The Kier molecular flexibility index (Phi) is 19.4. The van der Waals surface area contributed by atoms with Gasteiger partial charge < -0.3 is 15.3 Å². The summed E-state index contributed by atoms with van der Waals surface area (Å²) < 4.78 is 3.01. The van der Waals surface area contributed by atoms with Crippen LogP contribution in [0, 0.1) is 4.20 Å². The molecule has 0 aromatic rings. The molecule has 0 rings (SSSR count). The number of aliphatic hydroxyl groups is 3. The third kappa shape index (κ3) is 2700. The molecule has 0 amide bonds. The van der Waals surface area contributed by atoms with Crippen LogP contribution in [-0.4, -0.2) is 32.1 Å². The van der Waals surface area contributed by atoms with E-state index in [1.807, 2.05) is 0 Å². The molecule has 3 nitrogen and oxygen atoms in total. The zero-order valence-corrected chi connectivity index (χ0v) is 17.4. The molecule has 0 aromatic carbocycles. The van der Waals surface area contributed by atoms with Crippen LogP contribution in [0.4, 0.5) is 0 Å². The first-order valence-electron chi connectivity index (χ1n) is 6.44. The molecule has 0 fully saturated rings. The number of hydrogen-bond acceptors (Lipinski definition) is 3. The van der Waals surface area contributed by atoms with Gasteiger partial charge in [0.15, 0.2) is 0 Å². The number of rotatable bonds is 0. The van der Waals surface area contributed by atoms with E-state index in [1.165, 1.54) is 19.2 Å². The molecular weight excluding hydrogens is 412 g/mol. The van der Waals surface area contributed by atoms with Gasteiger partial charge in [-0.3, -0.25) is 0 Å². The van der Waals surface area contributed by atoms with Gasteiger partial charge in [0.1, 0.15) is 0 Å². The quantitative estimate of drug-likeness (QED) is 0.535. The second kappa shape index (κ2) is 13.3. The van der Waals surface area contributed by atoms with E-state index in [1.54, 1.807) is 62.3 Å². The van der Waals surface area contributed by atoms with E-state index in [4.69, 9.17) is 15.3 Å². The van der Waals surface area contributed by atoms with Crippen molar-refractivity contribution in [2.24, 2.45) is 0 Å². The van der Waals surface area contributed by atoms with Gasteiger partial charge in [-0.25, -0.2) is 0 Å². The van der Waals surface area contributed by atoms with Crippen LogP contribution in [0.5, 0.6) is 0 Å². The summed E-state index contributed by atoms with van der Waals surface area (Å²) in [5.74, 6) is 0. The average molecular weight is 447 g/mol. The van der Waals surface area contributed by atoms with Gasteiger partial charge in [-0.2, -0.15) is 0 Å². The fraction of sp³-hybridized carbons (Fsp3) is 0.933. The van der Waals surface area contributed by atoms with E-state index in [9.17, 15) is 0 Å². The van der Waals surface area contributed by atoms with Gasteiger partial charge in [-0.05, 0) is 62.3 Å². The first kappa shape index (κ1) is 27.7. The zero-order chi connectivity index (χ0) is 16.9. The molecule has 3 N–H and O–H groups in total. The normalized spacial score (nSPS) is 10.5. The Hall–Kier alpha value is 0.348. The molecule has 0 aliphatic heterocycles. The summed E-state index contributed by atoms with van der Waals surface area (Å²) in [6.45, 7) is 17.8. The molecule has 0 heterocycles. The second-order valence-corrected chi connectivity index (χ2v) is 8.05. The Morgan fingerprint density at radius 1 is 0.684 bits per heavy atom. The summed E-state index contributed by atoms with van der Waals surface area (Å²) in [5.41, 5.74) is -1.50. The SMILES string of the molecule is CC(C)(C)O.CC(C)(C)O.CC(C)(C)O.CC[C]#[W]. The standard InChI is InChI=1S/3C4H10O.C3H5.W/c3*1-4(2,3)5;1-3-2;/h3*5H,1-3H3;3H2,1H3;. The Balaban J connectivity index is -0.0000000793. The molecule has 0 saturated carbocycles. The van der Waals surface area contributed by atoms with Crippen LogP contribution in [0.1, 0.15) is 75.7 Å².